The molecule has 0 aliphatic heterocycles. The van der Waals surface area contributed by atoms with Crippen molar-refractivity contribution in [3.8, 4) is 34.1 Å². The molecule has 0 aliphatic carbocycles. The van der Waals surface area contributed by atoms with E-state index in [1.54, 1.807) is 0 Å². The summed E-state index contributed by atoms with van der Waals surface area (Å²) >= 11 is 0. The Balaban J connectivity index is 0.00000448. The van der Waals surface area contributed by atoms with E-state index in [9.17, 15) is 0 Å². The second-order valence-electron chi connectivity index (χ2n) is 15.3. The molecule has 5 nitrogen and oxygen atoms in total. The zero-order valence-corrected chi connectivity index (χ0v) is 33.1. The molecule has 7 aromatic rings. The first kappa shape index (κ1) is 36.3. The first-order valence-electron chi connectivity index (χ1n) is 17.7. The summed E-state index contributed by atoms with van der Waals surface area (Å²) in [5, 5.41) is 7.33. The second-order valence-corrected chi connectivity index (χ2v) is 15.3. The topological polar surface area (TPSA) is 44.9 Å². The molecule has 51 heavy (non-hydrogen) atoms. The van der Waals surface area contributed by atoms with E-state index >= 15 is 0 Å². The number of pyridine rings is 1. The van der Waals surface area contributed by atoms with Crippen molar-refractivity contribution in [2.75, 3.05) is 0 Å². The molecule has 3 heterocycles. The van der Waals surface area contributed by atoms with Gasteiger partial charge >= 0.3 is 21.1 Å². The minimum Gasteiger partial charge on any atom is -0.509 e. The Hall–Kier alpha value is -4.47. The quantitative estimate of drug-likeness (QED) is 0.136. The Kier molecular flexibility index (Phi) is 10.4. The van der Waals surface area contributed by atoms with Crippen LogP contribution in [0.5, 0.6) is 11.5 Å². The number of fused-ring (bicyclic) bond motifs is 3. The Morgan fingerprint density at radius 3 is 2.31 bits per heavy atom. The van der Waals surface area contributed by atoms with Crippen LogP contribution in [0.4, 0.5) is 0 Å². The van der Waals surface area contributed by atoms with E-state index in [4.69, 9.17) is 14.8 Å². The van der Waals surface area contributed by atoms with Crippen LogP contribution in [0.25, 0.3) is 44.4 Å². The van der Waals surface area contributed by atoms with Gasteiger partial charge in [0.15, 0.2) is 0 Å². The minimum absolute atomic E-state index is 0. The standard InChI is InChI=1S/C45H46N4O.Pt/c1-29(2)14-15-33-16-19-41-40(25-33)39-18-17-37(27-42(39)48(41)43-22-30(3)20-21-46-43)50-38-24-34(28-45(6,7)8)23-36(26-38)49-32(5)44(31(4)47-49)35-12-10-9-11-13-35;/h9-13,16-25,29H,14-15,28H2,1-8H3;/q-2;+2. The number of aryl methyl sites for hydroxylation is 3. The van der Waals surface area contributed by atoms with Gasteiger partial charge in [-0.2, -0.15) is 16.7 Å². The van der Waals surface area contributed by atoms with Gasteiger partial charge in [0.2, 0.25) is 0 Å². The van der Waals surface area contributed by atoms with Gasteiger partial charge in [-0.15, -0.1) is 35.7 Å². The van der Waals surface area contributed by atoms with E-state index in [1.165, 1.54) is 16.5 Å². The Labute approximate surface area is 317 Å². The Bertz CT molecular complexity index is 2330. The van der Waals surface area contributed by atoms with Crippen LogP contribution in [-0.2, 0) is 33.9 Å². The molecule has 0 amide bonds. The molecule has 0 atom stereocenters. The fourth-order valence-electron chi connectivity index (χ4n) is 7.01. The van der Waals surface area contributed by atoms with Gasteiger partial charge in [-0.1, -0.05) is 82.6 Å². The van der Waals surface area contributed by atoms with Crippen molar-refractivity contribution in [3.63, 3.8) is 0 Å². The summed E-state index contributed by atoms with van der Waals surface area (Å²) in [5.41, 5.74) is 11.0. The van der Waals surface area contributed by atoms with Gasteiger partial charge in [-0.25, -0.2) is 4.98 Å². The Morgan fingerprint density at radius 2 is 1.59 bits per heavy atom. The van der Waals surface area contributed by atoms with E-state index in [0.717, 1.165) is 75.3 Å². The molecule has 4 aromatic carbocycles. The van der Waals surface area contributed by atoms with Gasteiger partial charge < -0.3 is 9.30 Å². The number of ether oxygens (including phenoxy) is 1. The van der Waals surface area contributed by atoms with Gasteiger partial charge in [-0.3, -0.25) is 4.68 Å². The average Bonchev–Trinajstić information content (AvgIpc) is 3.55. The Morgan fingerprint density at radius 1 is 0.804 bits per heavy atom. The summed E-state index contributed by atoms with van der Waals surface area (Å²) < 4.78 is 10.9. The third kappa shape index (κ3) is 7.75. The normalized spacial score (nSPS) is 11.8. The van der Waals surface area contributed by atoms with Crippen LogP contribution in [0.15, 0.2) is 91.1 Å². The van der Waals surface area contributed by atoms with Crippen LogP contribution >= 0.6 is 0 Å². The smallest absolute Gasteiger partial charge is 0.509 e. The van der Waals surface area contributed by atoms with Crippen molar-refractivity contribution in [2.45, 2.75) is 74.7 Å². The predicted molar refractivity (Wildman–Crippen MR) is 206 cm³/mol. The molecule has 0 aliphatic rings. The molecular weight excluding hydrogens is 808 g/mol. The molecule has 0 saturated heterocycles. The number of aromatic nitrogens is 4. The van der Waals surface area contributed by atoms with Gasteiger partial charge in [-0.05, 0) is 97.3 Å². The molecule has 262 valence electrons. The van der Waals surface area contributed by atoms with Gasteiger partial charge in [0.25, 0.3) is 0 Å². The first-order chi connectivity index (χ1) is 23.9. The molecule has 0 spiro atoms. The fraction of sp³-hybridized carbons (Fsp3) is 0.289. The zero-order valence-electron chi connectivity index (χ0n) is 30.9. The van der Waals surface area contributed by atoms with Crippen molar-refractivity contribution in [2.24, 2.45) is 11.3 Å². The van der Waals surface area contributed by atoms with Crippen LogP contribution in [0, 0.1) is 44.2 Å². The summed E-state index contributed by atoms with van der Waals surface area (Å²) in [6.07, 6.45) is 4.97. The molecule has 0 radical (unpaired) electrons. The summed E-state index contributed by atoms with van der Waals surface area (Å²) in [6, 6.07) is 37.2. The summed E-state index contributed by atoms with van der Waals surface area (Å²) in [6.45, 7) is 17.6. The SMILES string of the molecule is Cc1ccnc(-n2c3[c-]c(Oc4[c-]c(-n5nc(C)c(-c6ccccc6)c5C)cc(CC(C)(C)C)c4)ccc3c3cc(CCC(C)C)ccc32)c1.[Pt+2]. The predicted octanol–water partition coefficient (Wildman–Crippen LogP) is 11.5. The van der Waals surface area contributed by atoms with Gasteiger partial charge in [0.05, 0.1) is 5.69 Å². The van der Waals surface area contributed by atoms with E-state index < -0.39 is 0 Å². The maximum Gasteiger partial charge on any atom is 2.00 e. The maximum atomic E-state index is 6.68. The van der Waals surface area contributed by atoms with E-state index in [1.807, 2.05) is 29.1 Å². The molecule has 0 unspecified atom stereocenters. The van der Waals surface area contributed by atoms with Crippen LogP contribution in [0.3, 0.4) is 0 Å². The van der Waals surface area contributed by atoms with Gasteiger partial charge in [0.1, 0.15) is 5.82 Å². The number of benzene rings is 4. The molecule has 0 bridgehead atoms. The maximum absolute atomic E-state index is 6.68. The minimum atomic E-state index is 0. The monoisotopic (exact) mass is 853 g/mol. The van der Waals surface area contributed by atoms with Crippen LogP contribution in [0.1, 0.15) is 69.1 Å². The van der Waals surface area contributed by atoms with Crippen LogP contribution in [0.2, 0.25) is 0 Å². The van der Waals surface area contributed by atoms with Crippen molar-refractivity contribution in [1.82, 2.24) is 19.3 Å². The molecule has 0 N–H and O–H groups in total. The number of nitrogens with zero attached hydrogens (tertiary/aromatic N) is 4. The molecule has 6 heteroatoms. The average molecular weight is 854 g/mol. The van der Waals surface area contributed by atoms with Crippen LogP contribution in [-0.4, -0.2) is 19.3 Å². The summed E-state index contributed by atoms with van der Waals surface area (Å²) in [5.74, 6) is 2.79. The fourth-order valence-corrected chi connectivity index (χ4v) is 7.01. The molecule has 7 rings (SSSR count). The van der Waals surface area contributed by atoms with E-state index in [-0.39, 0.29) is 26.5 Å². The first-order valence-corrected chi connectivity index (χ1v) is 17.7. The molecular formula is C45H46N4OPt. The number of rotatable bonds is 9. The number of hydrogen-bond donors (Lipinski definition) is 0. The second kappa shape index (κ2) is 14.6. The third-order valence-electron chi connectivity index (χ3n) is 9.28. The van der Waals surface area contributed by atoms with E-state index in [2.05, 4.69) is 139 Å². The number of hydrogen-bond acceptors (Lipinski definition) is 3. The summed E-state index contributed by atoms with van der Waals surface area (Å²) in [7, 11) is 0. The molecule has 0 fully saturated rings. The largest absolute Gasteiger partial charge is 2.00 e. The molecule has 3 aromatic heterocycles. The van der Waals surface area contributed by atoms with E-state index in [0.29, 0.717) is 17.4 Å². The van der Waals surface area contributed by atoms with Crippen molar-refractivity contribution >= 4 is 21.8 Å². The van der Waals surface area contributed by atoms with Gasteiger partial charge in [0, 0.05) is 34.5 Å². The van der Waals surface area contributed by atoms with Crippen molar-refractivity contribution in [1.29, 1.82) is 0 Å². The molecule has 0 saturated carbocycles. The third-order valence-corrected chi connectivity index (χ3v) is 9.28. The summed E-state index contributed by atoms with van der Waals surface area (Å²) in [4.78, 5) is 4.79. The van der Waals surface area contributed by atoms with Crippen molar-refractivity contribution < 1.29 is 25.8 Å². The van der Waals surface area contributed by atoms with Crippen molar-refractivity contribution in [3.05, 3.63) is 131 Å². The van der Waals surface area contributed by atoms with Crippen LogP contribution < -0.4 is 4.74 Å². The zero-order chi connectivity index (χ0) is 35.2.